The van der Waals surface area contributed by atoms with Crippen molar-refractivity contribution in [3.05, 3.63) is 0 Å². The van der Waals surface area contributed by atoms with Gasteiger partial charge in [-0.3, -0.25) is 4.79 Å². The fraction of sp³-hybridized carbons (Fsp3) is 0.929. The van der Waals surface area contributed by atoms with E-state index in [1.807, 2.05) is 20.9 Å². The van der Waals surface area contributed by atoms with Gasteiger partial charge in [-0.05, 0) is 13.5 Å². The van der Waals surface area contributed by atoms with E-state index in [1.54, 1.807) is 0 Å². The highest BCUT2D eigenvalue weighted by molar-refractivity contribution is 5.77. The van der Waals surface area contributed by atoms with Crippen LogP contribution in [0.3, 0.4) is 0 Å². The Kier molecular flexibility index (Phi) is 14.2. The summed E-state index contributed by atoms with van der Waals surface area (Å²) in [6, 6.07) is 0. The average Bonchev–Trinajstić information content (AvgIpc) is 2.43. The molecule has 0 aromatic heterocycles. The van der Waals surface area contributed by atoms with Crippen molar-refractivity contribution in [2.45, 2.75) is 20.3 Å². The molecule has 0 aliphatic carbocycles. The van der Waals surface area contributed by atoms with Crippen LogP contribution in [-0.2, 0) is 19.0 Å². The minimum Gasteiger partial charge on any atom is -0.379 e. The summed E-state index contributed by atoms with van der Waals surface area (Å²) in [5, 5.41) is 5.85. The maximum Gasteiger partial charge on any atom is 0.222 e. The van der Waals surface area contributed by atoms with Crippen molar-refractivity contribution in [3.63, 3.8) is 0 Å². The topological polar surface area (TPSA) is 68.8 Å². The fourth-order valence-electron chi connectivity index (χ4n) is 1.31. The van der Waals surface area contributed by atoms with E-state index in [1.165, 1.54) is 0 Å². The zero-order valence-electron chi connectivity index (χ0n) is 13.1. The van der Waals surface area contributed by atoms with Crippen LogP contribution in [0.25, 0.3) is 0 Å². The van der Waals surface area contributed by atoms with Crippen LogP contribution < -0.4 is 10.6 Å². The summed E-state index contributed by atoms with van der Waals surface area (Å²) in [6.07, 6.45) is 0.825. The molecular weight excluding hydrogens is 260 g/mol. The molecule has 20 heavy (non-hydrogen) atoms. The van der Waals surface area contributed by atoms with Crippen LogP contribution in [0.4, 0.5) is 0 Å². The minimum atomic E-state index is 0.0413. The van der Waals surface area contributed by atoms with Gasteiger partial charge < -0.3 is 24.8 Å². The van der Waals surface area contributed by atoms with Crippen LogP contribution in [0.2, 0.25) is 0 Å². The fourth-order valence-corrected chi connectivity index (χ4v) is 1.31. The van der Waals surface area contributed by atoms with Crippen molar-refractivity contribution in [3.8, 4) is 0 Å². The molecule has 0 saturated heterocycles. The maximum atomic E-state index is 11.3. The lowest BCUT2D eigenvalue weighted by atomic mass is 10.2. The zero-order valence-corrected chi connectivity index (χ0v) is 13.1. The van der Waals surface area contributed by atoms with Gasteiger partial charge in [-0.1, -0.05) is 13.8 Å². The SMILES string of the molecule is CNCCOCCOCCOCCCNC(=O)C(C)C. The summed E-state index contributed by atoms with van der Waals surface area (Å²) in [5.74, 6) is 0.131. The van der Waals surface area contributed by atoms with Crippen LogP contribution >= 0.6 is 0 Å². The molecule has 6 nitrogen and oxygen atoms in total. The third-order valence-electron chi connectivity index (χ3n) is 2.53. The first-order valence-corrected chi connectivity index (χ1v) is 7.34. The van der Waals surface area contributed by atoms with Crippen molar-refractivity contribution >= 4 is 5.91 Å². The molecule has 0 rings (SSSR count). The van der Waals surface area contributed by atoms with E-state index in [0.717, 1.165) is 13.0 Å². The van der Waals surface area contributed by atoms with E-state index in [2.05, 4.69) is 10.6 Å². The van der Waals surface area contributed by atoms with Crippen molar-refractivity contribution in [2.75, 3.05) is 59.8 Å². The molecule has 0 saturated carbocycles. The number of hydrogen-bond donors (Lipinski definition) is 2. The summed E-state index contributed by atoms with van der Waals surface area (Å²) < 4.78 is 16.1. The van der Waals surface area contributed by atoms with Gasteiger partial charge in [0, 0.05) is 25.6 Å². The predicted molar refractivity (Wildman–Crippen MR) is 78.8 cm³/mol. The second kappa shape index (κ2) is 14.7. The molecule has 2 N–H and O–H groups in total. The number of likely N-dealkylation sites (N-methyl/N-ethyl adjacent to an activating group) is 1. The zero-order chi connectivity index (χ0) is 15.1. The molecular formula is C14H30N2O4. The highest BCUT2D eigenvalue weighted by atomic mass is 16.5. The highest BCUT2D eigenvalue weighted by Crippen LogP contribution is 1.90. The summed E-state index contributed by atoms with van der Waals surface area (Å²) in [4.78, 5) is 11.3. The number of carbonyl (C=O) groups is 1. The quantitative estimate of drug-likeness (QED) is 0.454. The van der Waals surface area contributed by atoms with Gasteiger partial charge in [-0.15, -0.1) is 0 Å². The van der Waals surface area contributed by atoms with Gasteiger partial charge in [-0.2, -0.15) is 0 Å². The Morgan fingerprint density at radius 2 is 1.45 bits per heavy atom. The number of carbonyl (C=O) groups excluding carboxylic acids is 1. The second-order valence-electron chi connectivity index (χ2n) is 4.74. The van der Waals surface area contributed by atoms with Gasteiger partial charge in [-0.25, -0.2) is 0 Å². The molecule has 0 fully saturated rings. The first-order valence-electron chi connectivity index (χ1n) is 7.34. The van der Waals surface area contributed by atoms with E-state index in [-0.39, 0.29) is 11.8 Å². The van der Waals surface area contributed by atoms with E-state index in [0.29, 0.717) is 46.2 Å². The lowest BCUT2D eigenvalue weighted by molar-refractivity contribution is -0.124. The Hall–Kier alpha value is -0.690. The number of hydrogen-bond acceptors (Lipinski definition) is 5. The van der Waals surface area contributed by atoms with Crippen LogP contribution in [0.5, 0.6) is 0 Å². The van der Waals surface area contributed by atoms with E-state index >= 15 is 0 Å². The summed E-state index contributed by atoms with van der Waals surface area (Å²) >= 11 is 0. The van der Waals surface area contributed by atoms with Gasteiger partial charge in [0.05, 0.1) is 33.0 Å². The molecule has 0 aliphatic rings. The molecule has 0 spiro atoms. The summed E-state index contributed by atoms with van der Waals surface area (Å²) in [7, 11) is 1.89. The van der Waals surface area contributed by atoms with Crippen LogP contribution in [0.15, 0.2) is 0 Å². The molecule has 0 aliphatic heterocycles. The third kappa shape index (κ3) is 13.7. The molecule has 0 heterocycles. The predicted octanol–water partition coefficient (Wildman–Crippen LogP) is 0.418. The largest absolute Gasteiger partial charge is 0.379 e. The van der Waals surface area contributed by atoms with Crippen molar-refractivity contribution in [1.29, 1.82) is 0 Å². The minimum absolute atomic E-state index is 0.0413. The van der Waals surface area contributed by atoms with Crippen molar-refractivity contribution in [2.24, 2.45) is 5.92 Å². The number of nitrogens with one attached hydrogen (secondary N) is 2. The smallest absolute Gasteiger partial charge is 0.222 e. The molecule has 0 aromatic rings. The Balaban J connectivity index is 3.04. The summed E-state index contributed by atoms with van der Waals surface area (Å²) in [5.41, 5.74) is 0. The van der Waals surface area contributed by atoms with Crippen LogP contribution in [-0.4, -0.2) is 65.7 Å². The lowest BCUT2D eigenvalue weighted by Crippen LogP contribution is -2.29. The molecule has 6 heteroatoms. The molecule has 0 aromatic carbocycles. The second-order valence-corrected chi connectivity index (χ2v) is 4.74. The van der Waals surface area contributed by atoms with E-state index in [9.17, 15) is 4.79 Å². The Bertz CT molecular complexity index is 225. The van der Waals surface area contributed by atoms with Gasteiger partial charge in [0.2, 0.25) is 5.91 Å². The number of rotatable bonds is 14. The van der Waals surface area contributed by atoms with Crippen molar-refractivity contribution < 1.29 is 19.0 Å². The Morgan fingerprint density at radius 1 is 0.900 bits per heavy atom. The molecule has 0 bridgehead atoms. The first kappa shape index (κ1) is 19.3. The Morgan fingerprint density at radius 3 is 2.00 bits per heavy atom. The van der Waals surface area contributed by atoms with E-state index in [4.69, 9.17) is 14.2 Å². The van der Waals surface area contributed by atoms with Crippen LogP contribution in [0, 0.1) is 5.92 Å². The molecule has 120 valence electrons. The molecule has 0 atom stereocenters. The Labute approximate surface area is 122 Å². The van der Waals surface area contributed by atoms with Gasteiger partial charge >= 0.3 is 0 Å². The van der Waals surface area contributed by atoms with E-state index < -0.39 is 0 Å². The number of amides is 1. The molecule has 0 unspecified atom stereocenters. The normalized spacial score (nSPS) is 11.0. The first-order chi connectivity index (χ1) is 9.68. The standard InChI is InChI=1S/C14H30N2O4/c1-13(2)14(17)16-5-4-7-18-9-11-20-12-10-19-8-6-15-3/h13,15H,4-12H2,1-3H3,(H,16,17). The highest BCUT2D eigenvalue weighted by Gasteiger charge is 2.04. The van der Waals surface area contributed by atoms with Crippen LogP contribution in [0.1, 0.15) is 20.3 Å². The monoisotopic (exact) mass is 290 g/mol. The lowest BCUT2D eigenvalue weighted by Gasteiger charge is -2.08. The average molecular weight is 290 g/mol. The molecule has 1 amide bonds. The van der Waals surface area contributed by atoms with Gasteiger partial charge in [0.25, 0.3) is 0 Å². The van der Waals surface area contributed by atoms with Crippen molar-refractivity contribution in [1.82, 2.24) is 10.6 Å². The number of ether oxygens (including phenoxy) is 3. The summed E-state index contributed by atoms with van der Waals surface area (Å²) in [6.45, 7) is 8.99. The maximum absolute atomic E-state index is 11.3. The van der Waals surface area contributed by atoms with Gasteiger partial charge in [0.1, 0.15) is 0 Å². The molecule has 0 radical (unpaired) electrons. The van der Waals surface area contributed by atoms with Gasteiger partial charge in [0.15, 0.2) is 0 Å². The third-order valence-corrected chi connectivity index (χ3v) is 2.53.